The van der Waals surface area contributed by atoms with Crippen LogP contribution in [-0.2, 0) is 14.3 Å². The highest BCUT2D eigenvalue weighted by molar-refractivity contribution is 5.89. The van der Waals surface area contributed by atoms with E-state index < -0.39 is 6.04 Å². The number of carbonyl (C=O) groups is 2. The summed E-state index contributed by atoms with van der Waals surface area (Å²) in [4.78, 5) is 25.7. The normalized spacial score (nSPS) is 25.8. The smallest absolute Gasteiger partial charge is 0.249 e. The Morgan fingerprint density at radius 3 is 2.72 bits per heavy atom. The van der Waals surface area contributed by atoms with Crippen LogP contribution in [-0.4, -0.2) is 61.6 Å². The Hall–Kier alpha value is -1.14. The fourth-order valence-corrected chi connectivity index (χ4v) is 2.31. The Labute approximate surface area is 107 Å². The summed E-state index contributed by atoms with van der Waals surface area (Å²) in [5.74, 6) is -0.175. The predicted octanol–water partition coefficient (Wildman–Crippen LogP) is -0.898. The van der Waals surface area contributed by atoms with Crippen LogP contribution in [0.3, 0.4) is 0 Å². The molecule has 2 aliphatic rings. The van der Waals surface area contributed by atoms with Crippen molar-refractivity contribution in [2.24, 2.45) is 0 Å². The lowest BCUT2D eigenvalue weighted by molar-refractivity contribution is -0.139. The van der Waals surface area contributed by atoms with Crippen molar-refractivity contribution in [3.63, 3.8) is 0 Å². The molecule has 2 fully saturated rings. The maximum absolute atomic E-state index is 12.1. The summed E-state index contributed by atoms with van der Waals surface area (Å²) >= 11 is 0. The summed E-state index contributed by atoms with van der Waals surface area (Å²) in [5.41, 5.74) is 0. The number of rotatable bonds is 3. The highest BCUT2D eigenvalue weighted by atomic mass is 16.5. The molecule has 2 saturated heterocycles. The molecule has 6 heteroatoms. The summed E-state index contributed by atoms with van der Waals surface area (Å²) in [6, 6.07) is -0.472. The molecule has 18 heavy (non-hydrogen) atoms. The number of hydrogen-bond donors (Lipinski definition) is 2. The van der Waals surface area contributed by atoms with Crippen LogP contribution in [0.2, 0.25) is 0 Å². The van der Waals surface area contributed by atoms with Crippen molar-refractivity contribution in [3.05, 3.63) is 0 Å². The first-order valence-corrected chi connectivity index (χ1v) is 6.60. The van der Waals surface area contributed by atoms with Gasteiger partial charge < -0.3 is 20.3 Å². The van der Waals surface area contributed by atoms with Crippen LogP contribution in [0, 0.1) is 0 Å². The fraction of sp³-hybridized carbons (Fsp3) is 0.833. The van der Waals surface area contributed by atoms with Crippen molar-refractivity contribution in [3.8, 4) is 0 Å². The van der Waals surface area contributed by atoms with E-state index in [1.807, 2.05) is 0 Å². The van der Waals surface area contributed by atoms with Crippen molar-refractivity contribution in [2.75, 3.05) is 32.8 Å². The van der Waals surface area contributed by atoms with E-state index in [1.54, 1.807) is 11.8 Å². The van der Waals surface area contributed by atoms with Gasteiger partial charge in [-0.2, -0.15) is 0 Å². The number of nitrogens with zero attached hydrogens (tertiary/aromatic N) is 1. The second kappa shape index (κ2) is 6.15. The molecule has 102 valence electrons. The number of carbonyl (C=O) groups excluding carboxylic acids is 2. The molecule has 0 radical (unpaired) electrons. The Balaban J connectivity index is 1.80. The standard InChI is InChI=1S/C12H21N3O3/c1-9(12(17)15-6-4-13-5-7-15)14-11(16)10-3-2-8-18-10/h9-10,13H,2-8H2,1H3,(H,14,16). The third-order valence-electron chi connectivity index (χ3n) is 3.38. The second-order valence-electron chi connectivity index (χ2n) is 4.81. The molecule has 0 saturated carbocycles. The van der Waals surface area contributed by atoms with E-state index >= 15 is 0 Å². The van der Waals surface area contributed by atoms with Crippen LogP contribution in [0.5, 0.6) is 0 Å². The first-order chi connectivity index (χ1) is 8.68. The molecule has 0 aromatic carbocycles. The van der Waals surface area contributed by atoms with Crippen LogP contribution < -0.4 is 10.6 Å². The number of amides is 2. The molecule has 0 aromatic rings. The monoisotopic (exact) mass is 255 g/mol. The van der Waals surface area contributed by atoms with Gasteiger partial charge in [-0.25, -0.2) is 0 Å². The van der Waals surface area contributed by atoms with Gasteiger partial charge in [0, 0.05) is 32.8 Å². The maximum Gasteiger partial charge on any atom is 0.249 e. The molecule has 2 aliphatic heterocycles. The van der Waals surface area contributed by atoms with E-state index in [0.717, 1.165) is 25.9 Å². The minimum atomic E-state index is -0.472. The van der Waals surface area contributed by atoms with Crippen LogP contribution >= 0.6 is 0 Å². The fourth-order valence-electron chi connectivity index (χ4n) is 2.31. The molecule has 2 N–H and O–H groups in total. The van der Waals surface area contributed by atoms with E-state index in [0.29, 0.717) is 19.7 Å². The zero-order valence-electron chi connectivity index (χ0n) is 10.8. The Kier molecular flexibility index (Phi) is 4.54. The molecule has 0 bridgehead atoms. The summed E-state index contributed by atoms with van der Waals surface area (Å²) in [6.45, 7) is 5.42. The molecular formula is C12H21N3O3. The van der Waals surface area contributed by atoms with Crippen molar-refractivity contribution < 1.29 is 14.3 Å². The molecule has 2 unspecified atom stereocenters. The molecule has 2 heterocycles. The van der Waals surface area contributed by atoms with Gasteiger partial charge in [0.2, 0.25) is 11.8 Å². The maximum atomic E-state index is 12.1. The quantitative estimate of drug-likeness (QED) is 0.686. The minimum Gasteiger partial charge on any atom is -0.368 e. The molecule has 2 amide bonds. The first kappa shape index (κ1) is 13.3. The van der Waals surface area contributed by atoms with Crippen molar-refractivity contribution in [2.45, 2.75) is 31.9 Å². The predicted molar refractivity (Wildman–Crippen MR) is 66.0 cm³/mol. The summed E-state index contributed by atoms with van der Waals surface area (Å²) in [5, 5.41) is 5.94. The van der Waals surface area contributed by atoms with Crippen molar-refractivity contribution >= 4 is 11.8 Å². The van der Waals surface area contributed by atoms with Gasteiger partial charge in [0.05, 0.1) is 0 Å². The van der Waals surface area contributed by atoms with Crippen molar-refractivity contribution in [1.29, 1.82) is 0 Å². The number of hydrogen-bond acceptors (Lipinski definition) is 4. The summed E-state index contributed by atoms with van der Waals surface area (Å²) in [6.07, 6.45) is 1.29. The lowest BCUT2D eigenvalue weighted by Gasteiger charge is -2.30. The Morgan fingerprint density at radius 2 is 2.11 bits per heavy atom. The number of ether oxygens (including phenoxy) is 1. The van der Waals surface area contributed by atoms with Gasteiger partial charge in [-0.3, -0.25) is 9.59 Å². The number of piperazine rings is 1. The van der Waals surface area contributed by atoms with Gasteiger partial charge >= 0.3 is 0 Å². The average molecular weight is 255 g/mol. The molecule has 0 spiro atoms. The Bertz CT molecular complexity index is 310. The molecule has 2 rings (SSSR count). The van der Waals surface area contributed by atoms with Gasteiger partial charge in [-0.05, 0) is 19.8 Å². The van der Waals surface area contributed by atoms with Crippen LogP contribution in [0.1, 0.15) is 19.8 Å². The van der Waals surface area contributed by atoms with Gasteiger partial charge in [-0.15, -0.1) is 0 Å². The highest BCUT2D eigenvalue weighted by Gasteiger charge is 2.28. The van der Waals surface area contributed by atoms with E-state index in [1.165, 1.54) is 0 Å². The zero-order chi connectivity index (χ0) is 13.0. The van der Waals surface area contributed by atoms with Crippen LogP contribution in [0.4, 0.5) is 0 Å². The largest absolute Gasteiger partial charge is 0.368 e. The van der Waals surface area contributed by atoms with E-state index in [9.17, 15) is 9.59 Å². The lowest BCUT2D eigenvalue weighted by Crippen LogP contribution is -2.54. The third-order valence-corrected chi connectivity index (χ3v) is 3.38. The average Bonchev–Trinajstić information content (AvgIpc) is 2.92. The summed E-state index contributed by atoms with van der Waals surface area (Å²) in [7, 11) is 0. The van der Waals surface area contributed by atoms with Gasteiger partial charge in [-0.1, -0.05) is 0 Å². The molecular weight excluding hydrogens is 234 g/mol. The van der Waals surface area contributed by atoms with E-state index in [4.69, 9.17) is 4.74 Å². The topological polar surface area (TPSA) is 70.7 Å². The summed E-state index contributed by atoms with van der Waals surface area (Å²) < 4.78 is 5.29. The molecule has 0 aromatic heterocycles. The van der Waals surface area contributed by atoms with Crippen LogP contribution in [0.15, 0.2) is 0 Å². The van der Waals surface area contributed by atoms with E-state index in [2.05, 4.69) is 10.6 Å². The van der Waals surface area contributed by atoms with E-state index in [-0.39, 0.29) is 17.9 Å². The zero-order valence-corrected chi connectivity index (χ0v) is 10.8. The van der Waals surface area contributed by atoms with Crippen molar-refractivity contribution in [1.82, 2.24) is 15.5 Å². The molecule has 2 atom stereocenters. The van der Waals surface area contributed by atoms with Gasteiger partial charge in [0.1, 0.15) is 12.1 Å². The second-order valence-corrected chi connectivity index (χ2v) is 4.81. The van der Waals surface area contributed by atoms with Crippen LogP contribution in [0.25, 0.3) is 0 Å². The van der Waals surface area contributed by atoms with Gasteiger partial charge in [0.25, 0.3) is 0 Å². The SMILES string of the molecule is CC(NC(=O)C1CCCO1)C(=O)N1CCNCC1. The lowest BCUT2D eigenvalue weighted by atomic mass is 10.2. The first-order valence-electron chi connectivity index (χ1n) is 6.60. The number of nitrogens with one attached hydrogen (secondary N) is 2. The molecule has 0 aliphatic carbocycles. The highest BCUT2D eigenvalue weighted by Crippen LogP contribution is 2.12. The van der Waals surface area contributed by atoms with Gasteiger partial charge in [0.15, 0.2) is 0 Å². The Morgan fingerprint density at radius 1 is 1.39 bits per heavy atom. The minimum absolute atomic E-state index is 0.0113. The third kappa shape index (κ3) is 3.20. The molecule has 6 nitrogen and oxygen atoms in total.